The molecule has 0 N–H and O–H groups in total. The molecule has 3 heterocycles. The minimum absolute atomic E-state index is 0.191. The maximum Gasteiger partial charge on any atom is 0.332 e. The fourth-order valence-electron chi connectivity index (χ4n) is 3.97. The summed E-state index contributed by atoms with van der Waals surface area (Å²) in [6, 6.07) is 9.78. The van der Waals surface area contributed by atoms with Gasteiger partial charge in [-0.15, -0.1) is 0 Å². The highest BCUT2D eigenvalue weighted by molar-refractivity contribution is 5.76. The molecule has 0 amide bonds. The first kappa shape index (κ1) is 20.9. The maximum absolute atomic E-state index is 13.4. The molecule has 8 nitrogen and oxygen atoms in total. The van der Waals surface area contributed by atoms with E-state index in [1.54, 1.807) is 14.2 Å². The molecule has 0 atom stereocenters. The summed E-state index contributed by atoms with van der Waals surface area (Å²) in [4.78, 5) is 31.0. The lowest BCUT2D eigenvalue weighted by Gasteiger charge is -2.07. The van der Waals surface area contributed by atoms with Crippen molar-refractivity contribution >= 4 is 23.0 Å². The van der Waals surface area contributed by atoms with Crippen LogP contribution in [0, 0.1) is 13.8 Å². The van der Waals surface area contributed by atoms with E-state index >= 15 is 0 Å². The second-order valence-electron chi connectivity index (χ2n) is 7.66. The predicted octanol–water partition coefficient (Wildman–Crippen LogP) is 2.52. The first-order valence-electron chi connectivity index (χ1n) is 10.3. The van der Waals surface area contributed by atoms with Crippen LogP contribution in [0.3, 0.4) is 0 Å². The number of aryl methyl sites for hydroxylation is 3. The van der Waals surface area contributed by atoms with Crippen molar-refractivity contribution in [3.8, 4) is 0 Å². The molecule has 1 aromatic carbocycles. The molecule has 0 fully saturated rings. The summed E-state index contributed by atoms with van der Waals surface area (Å²) in [5.41, 5.74) is 3.12. The maximum atomic E-state index is 13.4. The molecule has 4 rings (SSSR count). The Balaban J connectivity index is 1.85. The van der Waals surface area contributed by atoms with Gasteiger partial charge in [0.05, 0.1) is 0 Å². The minimum Gasteiger partial charge on any atom is -0.385 e. The number of aromatic nitrogens is 5. The largest absolute Gasteiger partial charge is 0.385 e. The van der Waals surface area contributed by atoms with E-state index < -0.39 is 0 Å². The summed E-state index contributed by atoms with van der Waals surface area (Å²) in [7, 11) is 3.34. The van der Waals surface area contributed by atoms with Crippen molar-refractivity contribution in [2.45, 2.75) is 33.4 Å². The first-order valence-corrected chi connectivity index (χ1v) is 10.3. The fourth-order valence-corrected chi connectivity index (χ4v) is 3.97. The van der Waals surface area contributed by atoms with E-state index in [0.717, 1.165) is 29.9 Å². The summed E-state index contributed by atoms with van der Waals surface area (Å²) in [6.45, 7) is 5.55. The fraction of sp³-hybridized carbons (Fsp3) is 0.348. The third-order valence-corrected chi connectivity index (χ3v) is 5.76. The van der Waals surface area contributed by atoms with Crippen LogP contribution in [0.1, 0.15) is 23.4 Å². The molecule has 0 aliphatic rings. The number of fused-ring (bicyclic) bond motifs is 3. The number of rotatable bonds is 7. The van der Waals surface area contributed by atoms with E-state index in [2.05, 4.69) is 9.55 Å². The molecule has 0 saturated carbocycles. The highest BCUT2D eigenvalue weighted by Crippen LogP contribution is 2.21. The van der Waals surface area contributed by atoms with Gasteiger partial charge in [0.2, 0.25) is 5.78 Å². The van der Waals surface area contributed by atoms with Gasteiger partial charge < -0.3 is 9.30 Å². The van der Waals surface area contributed by atoms with Crippen molar-refractivity contribution in [2.75, 3.05) is 13.7 Å². The average Bonchev–Trinajstić information content (AvgIpc) is 3.27. The monoisotopic (exact) mass is 421 g/mol. The van der Waals surface area contributed by atoms with Gasteiger partial charge in [-0.05, 0) is 25.8 Å². The molecule has 0 saturated heterocycles. The highest BCUT2D eigenvalue weighted by atomic mass is 16.5. The lowest BCUT2D eigenvalue weighted by atomic mass is 10.2. The zero-order chi connectivity index (χ0) is 22.1. The second kappa shape index (κ2) is 8.39. The standard InChI is InChI=1S/C23H27N5O3/c1-16-17(2)28-19-20(24-22(28)26(16)14-9-15-31-4)25(3)23(30)27(21(19)29)13-8-12-18-10-6-5-7-11-18/h5-8,10-12H,9,13-15H2,1-4H3. The van der Waals surface area contributed by atoms with E-state index in [-0.39, 0.29) is 17.8 Å². The summed E-state index contributed by atoms with van der Waals surface area (Å²) >= 11 is 0. The number of allylic oxidation sites excluding steroid dienone is 1. The van der Waals surface area contributed by atoms with E-state index in [9.17, 15) is 9.59 Å². The average molecular weight is 422 g/mol. The van der Waals surface area contributed by atoms with Gasteiger partial charge in [-0.2, -0.15) is 4.98 Å². The second-order valence-corrected chi connectivity index (χ2v) is 7.66. The molecule has 0 radical (unpaired) electrons. The van der Waals surface area contributed by atoms with Crippen molar-refractivity contribution in [1.82, 2.24) is 23.1 Å². The Hall–Kier alpha value is -3.39. The van der Waals surface area contributed by atoms with Gasteiger partial charge in [0, 0.05) is 45.2 Å². The van der Waals surface area contributed by atoms with Gasteiger partial charge in [0.25, 0.3) is 5.56 Å². The quantitative estimate of drug-likeness (QED) is 0.430. The third kappa shape index (κ3) is 3.53. The zero-order valence-electron chi connectivity index (χ0n) is 18.3. The van der Waals surface area contributed by atoms with Gasteiger partial charge in [0.15, 0.2) is 11.2 Å². The Morgan fingerprint density at radius 1 is 1.06 bits per heavy atom. The van der Waals surface area contributed by atoms with Crippen molar-refractivity contribution in [2.24, 2.45) is 7.05 Å². The minimum atomic E-state index is -0.378. The van der Waals surface area contributed by atoms with Crippen LogP contribution in [0.25, 0.3) is 23.0 Å². The van der Waals surface area contributed by atoms with Crippen LogP contribution in [0.5, 0.6) is 0 Å². The van der Waals surface area contributed by atoms with E-state index in [4.69, 9.17) is 4.74 Å². The van der Waals surface area contributed by atoms with Crippen LogP contribution < -0.4 is 11.2 Å². The van der Waals surface area contributed by atoms with Crippen LogP contribution in [0.4, 0.5) is 0 Å². The molecular formula is C23H27N5O3. The Bertz CT molecular complexity index is 1390. The zero-order valence-corrected chi connectivity index (χ0v) is 18.3. The van der Waals surface area contributed by atoms with Crippen molar-refractivity contribution in [1.29, 1.82) is 0 Å². The Kier molecular flexibility index (Phi) is 5.65. The van der Waals surface area contributed by atoms with Crippen LogP contribution in [-0.4, -0.2) is 36.8 Å². The molecule has 0 bridgehead atoms. The van der Waals surface area contributed by atoms with E-state index in [1.807, 2.05) is 60.7 Å². The molecule has 4 aromatic rings. The third-order valence-electron chi connectivity index (χ3n) is 5.76. The van der Waals surface area contributed by atoms with Crippen molar-refractivity contribution < 1.29 is 4.74 Å². The summed E-state index contributed by atoms with van der Waals surface area (Å²) < 4.78 is 11.8. The molecule has 3 aromatic heterocycles. The summed E-state index contributed by atoms with van der Waals surface area (Å²) in [5.74, 6) is 0.672. The van der Waals surface area contributed by atoms with E-state index in [1.165, 1.54) is 9.13 Å². The molecular weight excluding hydrogens is 394 g/mol. The van der Waals surface area contributed by atoms with Crippen molar-refractivity contribution in [3.05, 3.63) is 74.2 Å². The topological polar surface area (TPSA) is 75.5 Å². The first-order chi connectivity index (χ1) is 15.0. The van der Waals surface area contributed by atoms with Gasteiger partial charge in [-0.3, -0.25) is 18.3 Å². The number of benzene rings is 1. The molecule has 31 heavy (non-hydrogen) atoms. The number of nitrogens with zero attached hydrogens (tertiary/aromatic N) is 5. The molecule has 0 spiro atoms. The number of methoxy groups -OCH3 is 1. The van der Waals surface area contributed by atoms with Crippen molar-refractivity contribution in [3.63, 3.8) is 0 Å². The van der Waals surface area contributed by atoms with E-state index in [0.29, 0.717) is 23.5 Å². The molecule has 8 heteroatoms. The number of hydrogen-bond donors (Lipinski definition) is 0. The molecule has 0 aliphatic carbocycles. The van der Waals surface area contributed by atoms with Gasteiger partial charge in [-0.1, -0.05) is 42.5 Å². The van der Waals surface area contributed by atoms with Crippen LogP contribution in [0.2, 0.25) is 0 Å². The number of hydrogen-bond acceptors (Lipinski definition) is 4. The predicted molar refractivity (Wildman–Crippen MR) is 122 cm³/mol. The van der Waals surface area contributed by atoms with Gasteiger partial charge in [-0.25, -0.2) is 4.79 Å². The van der Waals surface area contributed by atoms with Gasteiger partial charge in [0.1, 0.15) is 0 Å². The number of ether oxygens (including phenoxy) is 1. The lowest BCUT2D eigenvalue weighted by Crippen LogP contribution is -2.39. The van der Waals surface area contributed by atoms with Crippen LogP contribution in [0.15, 0.2) is 46.0 Å². The van der Waals surface area contributed by atoms with Gasteiger partial charge >= 0.3 is 5.69 Å². The summed E-state index contributed by atoms with van der Waals surface area (Å²) in [6.07, 6.45) is 4.57. The van der Waals surface area contributed by atoms with Crippen LogP contribution in [-0.2, 0) is 24.9 Å². The normalized spacial score (nSPS) is 12.0. The lowest BCUT2D eigenvalue weighted by molar-refractivity contribution is 0.190. The number of imidazole rings is 2. The Labute approximate surface area is 179 Å². The smallest absolute Gasteiger partial charge is 0.332 e. The molecule has 0 unspecified atom stereocenters. The summed E-state index contributed by atoms with van der Waals surface area (Å²) in [5, 5.41) is 0. The SMILES string of the molecule is COCCCn1c(C)c(C)n2c3c(=O)n(CC=Cc4ccccc4)c(=O)n(C)c3nc12. The highest BCUT2D eigenvalue weighted by Gasteiger charge is 2.22. The molecule has 162 valence electrons. The molecule has 0 aliphatic heterocycles. The Morgan fingerprint density at radius 3 is 2.52 bits per heavy atom. The Morgan fingerprint density at radius 2 is 1.81 bits per heavy atom. The van der Waals surface area contributed by atoms with Crippen LogP contribution >= 0.6 is 0 Å².